The maximum Gasteiger partial charge on any atom is 0.133 e. The minimum atomic E-state index is 0.406. The van der Waals surface area contributed by atoms with E-state index in [1.807, 2.05) is 11.3 Å². The first-order valence-electron chi connectivity index (χ1n) is 6.44. The largest absolute Gasteiger partial charge is 0.367 e. The summed E-state index contributed by atoms with van der Waals surface area (Å²) in [5, 5.41) is 5.67. The van der Waals surface area contributed by atoms with E-state index in [1.165, 1.54) is 22.6 Å². The third kappa shape index (κ3) is 2.38. The standard InChI is InChI=1S/C14H17N3S/c1-10(8-11-4-3-7-18-11)17-14-12-5-2-6-13(12)15-9-16-14/h3-4,7,9-10H,2,5-6,8H2,1H3,(H,15,16,17). The maximum absolute atomic E-state index is 4.40. The van der Waals surface area contributed by atoms with Crippen molar-refractivity contribution in [1.29, 1.82) is 0 Å². The Morgan fingerprint density at radius 1 is 1.39 bits per heavy atom. The molecular weight excluding hydrogens is 242 g/mol. The van der Waals surface area contributed by atoms with Crippen LogP contribution in [-0.2, 0) is 19.3 Å². The van der Waals surface area contributed by atoms with Crippen LogP contribution in [-0.4, -0.2) is 16.0 Å². The number of rotatable bonds is 4. The lowest BCUT2D eigenvalue weighted by molar-refractivity contribution is 0.789. The van der Waals surface area contributed by atoms with Gasteiger partial charge in [-0.15, -0.1) is 11.3 Å². The molecule has 1 aliphatic carbocycles. The molecule has 2 heterocycles. The molecule has 0 radical (unpaired) electrons. The van der Waals surface area contributed by atoms with Crippen LogP contribution < -0.4 is 5.32 Å². The summed E-state index contributed by atoms with van der Waals surface area (Å²) in [6.07, 6.45) is 6.17. The smallest absolute Gasteiger partial charge is 0.133 e. The molecule has 0 amide bonds. The van der Waals surface area contributed by atoms with Gasteiger partial charge in [-0.2, -0.15) is 0 Å². The molecule has 1 unspecified atom stereocenters. The second-order valence-electron chi connectivity index (χ2n) is 4.83. The molecule has 1 atom stereocenters. The lowest BCUT2D eigenvalue weighted by atomic mass is 10.2. The Balaban J connectivity index is 1.71. The molecule has 3 nitrogen and oxygen atoms in total. The Hall–Kier alpha value is -1.42. The van der Waals surface area contributed by atoms with Crippen LogP contribution in [0.15, 0.2) is 23.8 Å². The van der Waals surface area contributed by atoms with Crippen LogP contribution in [0.5, 0.6) is 0 Å². The molecule has 0 aromatic carbocycles. The molecule has 94 valence electrons. The maximum atomic E-state index is 4.40. The number of anilines is 1. The number of aromatic nitrogens is 2. The zero-order valence-corrected chi connectivity index (χ0v) is 11.3. The molecule has 0 bridgehead atoms. The number of nitrogens with one attached hydrogen (secondary N) is 1. The minimum absolute atomic E-state index is 0.406. The van der Waals surface area contributed by atoms with Gasteiger partial charge in [0.05, 0.1) is 0 Å². The average Bonchev–Trinajstić information content (AvgIpc) is 2.99. The Labute approximate surface area is 111 Å². The van der Waals surface area contributed by atoms with Crippen molar-refractivity contribution in [2.75, 3.05) is 5.32 Å². The highest BCUT2D eigenvalue weighted by atomic mass is 32.1. The van der Waals surface area contributed by atoms with E-state index in [0.29, 0.717) is 6.04 Å². The molecule has 0 saturated carbocycles. The Kier molecular flexibility index (Phi) is 3.28. The zero-order chi connectivity index (χ0) is 12.4. The lowest BCUT2D eigenvalue weighted by Crippen LogP contribution is -2.19. The monoisotopic (exact) mass is 259 g/mol. The van der Waals surface area contributed by atoms with E-state index in [1.54, 1.807) is 6.33 Å². The van der Waals surface area contributed by atoms with Crippen molar-refractivity contribution in [2.24, 2.45) is 0 Å². The molecule has 0 aliphatic heterocycles. The Morgan fingerprint density at radius 2 is 2.33 bits per heavy atom. The van der Waals surface area contributed by atoms with E-state index in [-0.39, 0.29) is 0 Å². The Morgan fingerprint density at radius 3 is 3.17 bits per heavy atom. The van der Waals surface area contributed by atoms with Crippen LogP contribution in [0.25, 0.3) is 0 Å². The van der Waals surface area contributed by atoms with Gasteiger partial charge >= 0.3 is 0 Å². The molecule has 2 aromatic heterocycles. The third-order valence-corrected chi connectivity index (χ3v) is 4.24. The third-order valence-electron chi connectivity index (χ3n) is 3.35. The number of hydrogen-bond donors (Lipinski definition) is 1. The highest BCUT2D eigenvalue weighted by Gasteiger charge is 2.18. The second-order valence-corrected chi connectivity index (χ2v) is 5.86. The molecular formula is C14H17N3S. The van der Waals surface area contributed by atoms with Gasteiger partial charge in [0.1, 0.15) is 12.1 Å². The first-order valence-corrected chi connectivity index (χ1v) is 7.32. The number of aryl methyl sites for hydroxylation is 1. The van der Waals surface area contributed by atoms with Gasteiger partial charge in [-0.1, -0.05) is 6.07 Å². The number of nitrogens with zero attached hydrogens (tertiary/aromatic N) is 2. The van der Waals surface area contributed by atoms with Gasteiger partial charge in [-0.05, 0) is 37.6 Å². The van der Waals surface area contributed by atoms with Gasteiger partial charge in [0.25, 0.3) is 0 Å². The number of thiophene rings is 1. The van der Waals surface area contributed by atoms with Crippen molar-refractivity contribution >= 4 is 17.2 Å². The lowest BCUT2D eigenvalue weighted by Gasteiger charge is -2.15. The van der Waals surface area contributed by atoms with Crippen molar-refractivity contribution < 1.29 is 0 Å². The fourth-order valence-electron chi connectivity index (χ4n) is 2.50. The van der Waals surface area contributed by atoms with E-state index in [0.717, 1.165) is 25.1 Å². The first-order chi connectivity index (χ1) is 8.83. The highest BCUT2D eigenvalue weighted by Crippen LogP contribution is 2.25. The summed E-state index contributed by atoms with van der Waals surface area (Å²) in [6.45, 7) is 2.21. The topological polar surface area (TPSA) is 37.8 Å². The van der Waals surface area contributed by atoms with Crippen molar-refractivity contribution in [3.8, 4) is 0 Å². The van der Waals surface area contributed by atoms with E-state index in [4.69, 9.17) is 0 Å². The second kappa shape index (κ2) is 5.06. The molecule has 0 spiro atoms. The summed E-state index contributed by atoms with van der Waals surface area (Å²) < 4.78 is 0. The van der Waals surface area contributed by atoms with E-state index < -0.39 is 0 Å². The van der Waals surface area contributed by atoms with E-state index >= 15 is 0 Å². The average molecular weight is 259 g/mol. The predicted molar refractivity (Wildman–Crippen MR) is 75.2 cm³/mol. The van der Waals surface area contributed by atoms with Gasteiger partial charge in [0, 0.05) is 28.6 Å². The first kappa shape index (κ1) is 11.7. The quantitative estimate of drug-likeness (QED) is 0.917. The molecule has 18 heavy (non-hydrogen) atoms. The van der Waals surface area contributed by atoms with E-state index in [9.17, 15) is 0 Å². The summed E-state index contributed by atoms with van der Waals surface area (Å²) in [5.74, 6) is 1.04. The Bertz CT molecular complexity index is 522. The van der Waals surface area contributed by atoms with Gasteiger partial charge in [0.2, 0.25) is 0 Å². The summed E-state index contributed by atoms with van der Waals surface area (Å²) in [6, 6.07) is 4.70. The van der Waals surface area contributed by atoms with Crippen LogP contribution in [0.4, 0.5) is 5.82 Å². The van der Waals surface area contributed by atoms with Crippen molar-refractivity contribution in [3.63, 3.8) is 0 Å². The van der Waals surface area contributed by atoms with Crippen molar-refractivity contribution in [2.45, 2.75) is 38.6 Å². The summed E-state index contributed by atoms with van der Waals surface area (Å²) in [4.78, 5) is 10.2. The SMILES string of the molecule is CC(Cc1cccs1)Nc1ncnc2c1CCC2. The van der Waals surface area contributed by atoms with Crippen LogP contribution in [0.2, 0.25) is 0 Å². The normalized spacial score (nSPS) is 15.4. The van der Waals surface area contributed by atoms with Gasteiger partial charge in [-0.3, -0.25) is 0 Å². The zero-order valence-electron chi connectivity index (χ0n) is 10.5. The summed E-state index contributed by atoms with van der Waals surface area (Å²) >= 11 is 1.81. The fraction of sp³-hybridized carbons (Fsp3) is 0.429. The van der Waals surface area contributed by atoms with Crippen LogP contribution in [0.3, 0.4) is 0 Å². The molecule has 4 heteroatoms. The van der Waals surface area contributed by atoms with Gasteiger partial charge in [-0.25, -0.2) is 9.97 Å². The van der Waals surface area contributed by atoms with Gasteiger partial charge in [0.15, 0.2) is 0 Å². The number of hydrogen-bond acceptors (Lipinski definition) is 4. The molecule has 3 rings (SSSR count). The van der Waals surface area contributed by atoms with Crippen LogP contribution in [0, 0.1) is 0 Å². The summed E-state index contributed by atoms with van der Waals surface area (Å²) in [7, 11) is 0. The van der Waals surface area contributed by atoms with Crippen LogP contribution in [0.1, 0.15) is 29.5 Å². The molecule has 2 aromatic rings. The minimum Gasteiger partial charge on any atom is -0.367 e. The van der Waals surface area contributed by atoms with Crippen LogP contribution >= 0.6 is 11.3 Å². The molecule has 0 saturated heterocycles. The van der Waals surface area contributed by atoms with Crippen molar-refractivity contribution in [3.05, 3.63) is 40.0 Å². The molecule has 1 N–H and O–H groups in total. The predicted octanol–water partition coefficient (Wildman–Crippen LogP) is 3.07. The highest BCUT2D eigenvalue weighted by molar-refractivity contribution is 7.09. The molecule has 1 aliphatic rings. The van der Waals surface area contributed by atoms with Crippen molar-refractivity contribution in [1.82, 2.24) is 9.97 Å². The summed E-state index contributed by atoms with van der Waals surface area (Å²) in [5.41, 5.74) is 2.56. The van der Waals surface area contributed by atoms with E-state index in [2.05, 4.69) is 39.7 Å². The molecule has 0 fully saturated rings. The number of fused-ring (bicyclic) bond motifs is 1. The van der Waals surface area contributed by atoms with Gasteiger partial charge < -0.3 is 5.32 Å². The fourth-order valence-corrected chi connectivity index (χ4v) is 3.33.